The first kappa shape index (κ1) is 21.6. The van der Waals surface area contributed by atoms with Crippen molar-refractivity contribution in [2.75, 3.05) is 0 Å². The van der Waals surface area contributed by atoms with Gasteiger partial charge in [-0.2, -0.15) is 0 Å². The molecule has 12 heteroatoms. The Morgan fingerprint density at radius 3 is 0.900 bits per heavy atom. The van der Waals surface area contributed by atoms with Crippen molar-refractivity contribution in [1.29, 1.82) is 0 Å². The van der Waals surface area contributed by atoms with Crippen molar-refractivity contribution in [3.63, 3.8) is 0 Å². The maximum atomic E-state index is 11.8. The number of hydrogen-bond acceptors (Lipinski definition) is 6. The summed E-state index contributed by atoms with van der Waals surface area (Å²) in [5, 5.41) is 2.89. The molecule has 0 saturated heterocycles. The van der Waals surface area contributed by atoms with E-state index in [1.807, 2.05) is 0 Å². The van der Waals surface area contributed by atoms with E-state index in [0.29, 0.717) is 32.3 Å². The van der Waals surface area contributed by atoms with Gasteiger partial charge in [0.05, 0.1) is 14.7 Å². The van der Waals surface area contributed by atoms with E-state index >= 15 is 0 Å². The number of halogens is 3. The molecule has 0 amide bonds. The van der Waals surface area contributed by atoms with Crippen LogP contribution in [0.1, 0.15) is 0 Å². The van der Waals surface area contributed by atoms with Crippen LogP contribution < -0.4 is 0 Å². The summed E-state index contributed by atoms with van der Waals surface area (Å²) < 4.78 is 70.9. The lowest BCUT2D eigenvalue weighted by molar-refractivity contribution is 0.608. The Balaban J connectivity index is 2.30. The van der Waals surface area contributed by atoms with Crippen LogP contribution in [0.2, 0.25) is 0 Å². The van der Waals surface area contributed by atoms with Gasteiger partial charge in [0.2, 0.25) is 0 Å². The van der Waals surface area contributed by atoms with Crippen LogP contribution in [0.3, 0.4) is 0 Å². The second-order valence-electron chi connectivity index (χ2n) is 6.44. The van der Waals surface area contributed by atoms with Crippen molar-refractivity contribution in [3.05, 3.63) is 54.6 Å². The third-order valence-corrected chi connectivity index (χ3v) is 8.74. The Kier molecular flexibility index (Phi) is 5.00. The summed E-state index contributed by atoms with van der Waals surface area (Å²) in [6, 6.07) is 12.5. The van der Waals surface area contributed by atoms with Gasteiger partial charge in [-0.05, 0) is 68.7 Å². The Morgan fingerprint density at radius 2 is 0.633 bits per heavy atom. The van der Waals surface area contributed by atoms with Gasteiger partial charge in [0, 0.05) is 32.0 Å². The van der Waals surface area contributed by atoms with Crippen LogP contribution in [0.4, 0.5) is 0 Å². The molecular formula is C18H9Cl3O6S3. The van der Waals surface area contributed by atoms with E-state index in [4.69, 9.17) is 32.0 Å². The normalized spacial score (nSPS) is 13.3. The predicted octanol–water partition coefficient (Wildman–Crippen LogP) is 4.93. The van der Waals surface area contributed by atoms with Crippen LogP contribution in [-0.2, 0) is 27.2 Å². The van der Waals surface area contributed by atoms with E-state index in [2.05, 4.69) is 0 Å². The molecule has 4 rings (SSSR count). The molecule has 0 aliphatic carbocycles. The topological polar surface area (TPSA) is 102 Å². The van der Waals surface area contributed by atoms with Crippen molar-refractivity contribution in [2.45, 2.75) is 14.7 Å². The molecule has 0 spiro atoms. The molecule has 0 unspecified atom stereocenters. The second-order valence-corrected chi connectivity index (χ2v) is 14.1. The summed E-state index contributed by atoms with van der Waals surface area (Å²) >= 11 is 0. The fraction of sp³-hybridized carbons (Fsp3) is 0. The van der Waals surface area contributed by atoms with E-state index in [1.54, 1.807) is 6.07 Å². The van der Waals surface area contributed by atoms with Gasteiger partial charge in [0.1, 0.15) is 0 Å². The van der Waals surface area contributed by atoms with Crippen LogP contribution >= 0.6 is 32.0 Å². The average Bonchev–Trinajstić information content (AvgIpc) is 2.64. The Bertz CT molecular complexity index is 1710. The SMILES string of the molecule is O=S(=O)(Cl)c1ccc2c3ccc(S(=O)(=O)Cl)cc3c3cc(S(=O)(=O)Cl)ccc3c2c1. The van der Waals surface area contributed by atoms with Gasteiger partial charge in [-0.25, -0.2) is 25.3 Å². The summed E-state index contributed by atoms with van der Waals surface area (Å²) in [6.45, 7) is 0. The molecular weight excluding hydrogens is 515 g/mol. The molecule has 0 saturated carbocycles. The highest BCUT2D eigenvalue weighted by molar-refractivity contribution is 8.14. The van der Waals surface area contributed by atoms with Crippen LogP contribution in [-0.4, -0.2) is 25.3 Å². The van der Waals surface area contributed by atoms with Crippen LogP contribution in [0.15, 0.2) is 69.3 Å². The number of rotatable bonds is 3. The van der Waals surface area contributed by atoms with Gasteiger partial charge < -0.3 is 0 Å². The standard InChI is InChI=1S/C18H9Cl3O6S3/c19-28(22,23)10-1-4-13-14-5-2-11(29(20,24)25)8-17(14)18-9-12(30(21,26)27)3-6-15(18)16(13)7-10/h1-9H. The van der Waals surface area contributed by atoms with Crippen molar-refractivity contribution in [2.24, 2.45) is 0 Å². The van der Waals surface area contributed by atoms with E-state index in [1.165, 1.54) is 48.5 Å². The number of hydrogen-bond donors (Lipinski definition) is 0. The molecule has 4 aromatic rings. The van der Waals surface area contributed by atoms with E-state index in [-0.39, 0.29) is 14.7 Å². The lowest BCUT2D eigenvalue weighted by Crippen LogP contribution is -1.95. The van der Waals surface area contributed by atoms with Gasteiger partial charge in [-0.15, -0.1) is 0 Å². The molecule has 0 fully saturated rings. The Hall–Kier alpha value is -1.62. The third-order valence-electron chi connectivity index (χ3n) is 4.69. The average molecular weight is 524 g/mol. The highest BCUT2D eigenvalue weighted by Crippen LogP contribution is 2.39. The maximum Gasteiger partial charge on any atom is 0.261 e. The Labute approximate surface area is 185 Å². The fourth-order valence-electron chi connectivity index (χ4n) is 3.40. The lowest BCUT2D eigenvalue weighted by atomic mass is 9.94. The predicted molar refractivity (Wildman–Crippen MR) is 118 cm³/mol. The zero-order valence-electron chi connectivity index (χ0n) is 14.5. The van der Waals surface area contributed by atoms with Crippen LogP contribution in [0, 0.1) is 0 Å². The highest BCUT2D eigenvalue weighted by Gasteiger charge is 2.19. The molecule has 0 atom stereocenters. The molecule has 0 radical (unpaired) electrons. The quantitative estimate of drug-likeness (QED) is 0.279. The number of fused-ring (bicyclic) bond motifs is 6. The number of benzene rings is 4. The minimum atomic E-state index is -4.08. The smallest absolute Gasteiger partial charge is 0.207 e. The van der Waals surface area contributed by atoms with Gasteiger partial charge in [-0.3, -0.25) is 0 Å². The van der Waals surface area contributed by atoms with Crippen LogP contribution in [0.25, 0.3) is 32.3 Å². The van der Waals surface area contributed by atoms with Gasteiger partial charge >= 0.3 is 0 Å². The molecule has 156 valence electrons. The van der Waals surface area contributed by atoms with Crippen molar-refractivity contribution in [3.8, 4) is 0 Å². The van der Waals surface area contributed by atoms with Gasteiger partial charge in [0.25, 0.3) is 27.2 Å². The Morgan fingerprint density at radius 1 is 0.400 bits per heavy atom. The minimum Gasteiger partial charge on any atom is -0.207 e. The largest absolute Gasteiger partial charge is 0.261 e. The molecule has 0 bridgehead atoms. The first-order valence-electron chi connectivity index (χ1n) is 8.04. The van der Waals surface area contributed by atoms with E-state index in [0.717, 1.165) is 0 Å². The minimum absolute atomic E-state index is 0.133. The molecule has 0 heterocycles. The summed E-state index contributed by atoms with van der Waals surface area (Å²) in [6.07, 6.45) is 0. The van der Waals surface area contributed by atoms with Gasteiger partial charge in [-0.1, -0.05) is 18.2 Å². The molecule has 0 aliphatic rings. The van der Waals surface area contributed by atoms with Crippen LogP contribution in [0.5, 0.6) is 0 Å². The van der Waals surface area contributed by atoms with E-state index in [9.17, 15) is 25.3 Å². The summed E-state index contributed by atoms with van der Waals surface area (Å²) in [5.74, 6) is 0. The monoisotopic (exact) mass is 522 g/mol. The zero-order chi connectivity index (χ0) is 22.1. The third kappa shape index (κ3) is 3.74. The first-order valence-corrected chi connectivity index (χ1v) is 15.0. The summed E-state index contributed by atoms with van der Waals surface area (Å²) in [7, 11) is 4.29. The maximum absolute atomic E-state index is 11.8. The molecule has 30 heavy (non-hydrogen) atoms. The van der Waals surface area contributed by atoms with Crippen molar-refractivity contribution >= 4 is 91.5 Å². The molecule has 0 N–H and O–H groups in total. The fourth-order valence-corrected chi connectivity index (χ4v) is 5.73. The van der Waals surface area contributed by atoms with Crippen molar-refractivity contribution in [1.82, 2.24) is 0 Å². The summed E-state index contributed by atoms with van der Waals surface area (Å²) in [4.78, 5) is -0.500. The molecule has 4 aromatic carbocycles. The first-order chi connectivity index (χ1) is 13.8. The molecule has 0 aliphatic heterocycles. The van der Waals surface area contributed by atoms with Gasteiger partial charge in [0.15, 0.2) is 0 Å². The van der Waals surface area contributed by atoms with Crippen molar-refractivity contribution < 1.29 is 25.3 Å². The second kappa shape index (κ2) is 6.94. The molecule has 6 nitrogen and oxygen atoms in total. The summed E-state index contributed by atoms with van der Waals surface area (Å²) in [5.41, 5.74) is 0. The molecule has 0 aromatic heterocycles. The zero-order valence-corrected chi connectivity index (χ0v) is 19.2. The lowest BCUT2D eigenvalue weighted by Gasteiger charge is -2.13. The van der Waals surface area contributed by atoms with E-state index < -0.39 is 27.2 Å². The highest BCUT2D eigenvalue weighted by atomic mass is 35.7.